The van der Waals surface area contributed by atoms with Gasteiger partial charge in [-0.3, -0.25) is 9.59 Å². The van der Waals surface area contributed by atoms with E-state index in [1.165, 1.54) is 23.9 Å². The number of halogens is 3. The zero-order valence-electron chi connectivity index (χ0n) is 9.98. The smallest absolute Gasteiger partial charge is 0.255 e. The number of nitrogens with zero attached hydrogens (tertiary/aromatic N) is 1. The molecule has 1 rings (SSSR count). The number of aromatic nitrogens is 1. The largest absolute Gasteiger partial charge is 0.347 e. The lowest BCUT2D eigenvalue weighted by atomic mass is 10.2. The average Bonchev–Trinajstić information content (AvgIpc) is 2.55. The quantitative estimate of drug-likeness (QED) is 0.615. The van der Waals surface area contributed by atoms with Gasteiger partial charge in [-0.25, -0.2) is 8.42 Å². The van der Waals surface area contributed by atoms with E-state index in [0.717, 1.165) is 6.26 Å². The minimum Gasteiger partial charge on any atom is -0.347 e. The molecule has 1 aromatic rings. The highest BCUT2D eigenvalue weighted by Gasteiger charge is 2.34. The Balaban J connectivity index is 3.11. The normalized spacial score (nSPS) is 12.5. The van der Waals surface area contributed by atoms with Gasteiger partial charge in [0.2, 0.25) is 5.78 Å². The van der Waals surface area contributed by atoms with E-state index >= 15 is 0 Å². The first kappa shape index (κ1) is 16.5. The highest BCUT2D eigenvalue weighted by atomic mass is 35.6. The molecule has 0 radical (unpaired) electrons. The number of carbonyl (C=O) groups is 2. The van der Waals surface area contributed by atoms with Crippen molar-refractivity contribution >= 4 is 56.2 Å². The topological polar surface area (TPSA) is 73.2 Å². The lowest BCUT2D eigenvalue weighted by molar-refractivity contribution is 0.0988. The summed E-state index contributed by atoms with van der Waals surface area (Å²) >= 11 is 16.4. The molecular formula is C10H10Cl3NO4S. The van der Waals surface area contributed by atoms with Crippen LogP contribution in [0.1, 0.15) is 20.8 Å². The van der Waals surface area contributed by atoms with E-state index in [9.17, 15) is 18.0 Å². The molecule has 0 fully saturated rings. The Hall–Kier alpha value is -0.560. The molecule has 0 spiro atoms. The Kier molecular flexibility index (Phi) is 4.72. The first-order chi connectivity index (χ1) is 8.42. The van der Waals surface area contributed by atoms with Crippen LogP contribution < -0.4 is 0 Å². The monoisotopic (exact) mass is 345 g/mol. The molecule has 0 aliphatic rings. The molecule has 0 saturated heterocycles. The highest BCUT2D eigenvalue weighted by molar-refractivity contribution is 7.91. The fourth-order valence-electron chi connectivity index (χ4n) is 1.41. The number of ketones is 2. The van der Waals surface area contributed by atoms with Crippen LogP contribution in [-0.2, 0) is 16.9 Å². The number of rotatable bonds is 4. The van der Waals surface area contributed by atoms with Crippen molar-refractivity contribution in [2.24, 2.45) is 7.05 Å². The summed E-state index contributed by atoms with van der Waals surface area (Å²) in [5.41, 5.74) is 0.0855. The predicted octanol–water partition coefficient (Wildman–Crippen LogP) is 1.81. The summed E-state index contributed by atoms with van der Waals surface area (Å²) in [6.07, 6.45) is 2.26. The van der Waals surface area contributed by atoms with Gasteiger partial charge in [0, 0.05) is 25.1 Å². The van der Waals surface area contributed by atoms with Crippen molar-refractivity contribution in [1.82, 2.24) is 4.57 Å². The second-order valence-electron chi connectivity index (χ2n) is 4.05. The van der Waals surface area contributed by atoms with Crippen LogP contribution in [0.5, 0.6) is 0 Å². The SMILES string of the molecule is Cn1cc(C(=O)CS(C)(=O)=O)cc1C(=O)C(Cl)(Cl)Cl. The third kappa shape index (κ3) is 4.49. The van der Waals surface area contributed by atoms with Crippen LogP contribution in [0, 0.1) is 0 Å². The number of hydrogen-bond donors (Lipinski definition) is 0. The molecule has 0 unspecified atom stereocenters. The Morgan fingerprint density at radius 1 is 1.32 bits per heavy atom. The number of Topliss-reactive ketones (excluding diaryl/α,β-unsaturated/α-hetero) is 2. The summed E-state index contributed by atoms with van der Waals surface area (Å²) in [4.78, 5) is 23.5. The molecule has 0 atom stereocenters. The molecular weight excluding hydrogens is 337 g/mol. The summed E-state index contributed by atoms with van der Waals surface area (Å²) in [5, 5.41) is 0. The minimum atomic E-state index is -3.45. The number of sulfone groups is 1. The molecule has 1 heterocycles. The van der Waals surface area contributed by atoms with Gasteiger partial charge in [-0.15, -0.1) is 0 Å². The van der Waals surface area contributed by atoms with Crippen molar-refractivity contribution in [3.8, 4) is 0 Å². The van der Waals surface area contributed by atoms with Crippen molar-refractivity contribution in [3.63, 3.8) is 0 Å². The lowest BCUT2D eigenvalue weighted by Gasteiger charge is -2.09. The minimum absolute atomic E-state index is 0.0110. The van der Waals surface area contributed by atoms with Gasteiger partial charge in [0.15, 0.2) is 15.6 Å². The molecule has 0 N–H and O–H groups in total. The van der Waals surface area contributed by atoms with Gasteiger partial charge in [-0.05, 0) is 6.07 Å². The summed E-state index contributed by atoms with van der Waals surface area (Å²) in [6.45, 7) is 0. The number of hydrogen-bond acceptors (Lipinski definition) is 4. The summed E-state index contributed by atoms with van der Waals surface area (Å²) < 4.78 is 21.3. The molecule has 0 aliphatic carbocycles. The van der Waals surface area contributed by atoms with Gasteiger partial charge in [-0.1, -0.05) is 34.8 Å². The van der Waals surface area contributed by atoms with E-state index in [1.54, 1.807) is 0 Å². The van der Waals surface area contributed by atoms with Crippen molar-refractivity contribution in [2.75, 3.05) is 12.0 Å². The van der Waals surface area contributed by atoms with Crippen molar-refractivity contribution in [2.45, 2.75) is 3.79 Å². The maximum Gasteiger partial charge on any atom is 0.255 e. The van der Waals surface area contributed by atoms with Crippen molar-refractivity contribution < 1.29 is 18.0 Å². The first-order valence-corrected chi connectivity index (χ1v) is 8.10. The van der Waals surface area contributed by atoms with Gasteiger partial charge in [0.05, 0.1) is 5.69 Å². The third-order valence-corrected chi connectivity index (χ3v) is 3.51. The number of aryl methyl sites for hydroxylation is 1. The molecule has 0 aromatic carbocycles. The molecule has 0 bridgehead atoms. The van der Waals surface area contributed by atoms with Gasteiger partial charge in [0.25, 0.3) is 3.79 Å². The summed E-state index contributed by atoms with van der Waals surface area (Å²) in [6, 6.07) is 1.21. The van der Waals surface area contributed by atoms with Crippen LogP contribution in [0.25, 0.3) is 0 Å². The molecule has 5 nitrogen and oxygen atoms in total. The number of carbonyl (C=O) groups excluding carboxylic acids is 2. The van der Waals surface area contributed by atoms with Crippen LogP contribution in [0.3, 0.4) is 0 Å². The first-order valence-electron chi connectivity index (χ1n) is 4.90. The van der Waals surface area contributed by atoms with Gasteiger partial charge in [0.1, 0.15) is 5.75 Å². The highest BCUT2D eigenvalue weighted by Crippen LogP contribution is 2.30. The molecule has 9 heteroatoms. The molecule has 106 valence electrons. The zero-order valence-corrected chi connectivity index (χ0v) is 13.1. The van der Waals surface area contributed by atoms with Crippen LogP contribution in [0.2, 0.25) is 0 Å². The fraction of sp³-hybridized carbons (Fsp3) is 0.400. The Bertz CT molecular complexity index is 628. The van der Waals surface area contributed by atoms with E-state index < -0.39 is 30.9 Å². The van der Waals surface area contributed by atoms with E-state index in [0.29, 0.717) is 0 Å². The third-order valence-electron chi connectivity index (χ3n) is 2.21. The van der Waals surface area contributed by atoms with Crippen LogP contribution in [0.15, 0.2) is 12.3 Å². The van der Waals surface area contributed by atoms with E-state index in [1.807, 2.05) is 0 Å². The van der Waals surface area contributed by atoms with E-state index in [4.69, 9.17) is 34.8 Å². The van der Waals surface area contributed by atoms with Gasteiger partial charge < -0.3 is 4.57 Å². The molecule has 19 heavy (non-hydrogen) atoms. The average molecular weight is 347 g/mol. The van der Waals surface area contributed by atoms with Crippen molar-refractivity contribution in [1.29, 1.82) is 0 Å². The predicted molar refractivity (Wildman–Crippen MR) is 74.1 cm³/mol. The Morgan fingerprint density at radius 3 is 2.26 bits per heavy atom. The standard InChI is InChI=1S/C10H10Cl3NO4S/c1-14-4-6(8(15)5-19(2,17)18)3-7(14)9(16)10(11,12)13/h3-4H,5H2,1-2H3. The molecule has 1 aromatic heterocycles. The molecule has 0 aliphatic heterocycles. The summed E-state index contributed by atoms with van der Waals surface area (Å²) in [7, 11) is -1.96. The van der Waals surface area contributed by atoms with E-state index in [2.05, 4.69) is 0 Å². The van der Waals surface area contributed by atoms with Gasteiger partial charge >= 0.3 is 0 Å². The molecule has 0 amide bonds. The van der Waals surface area contributed by atoms with Gasteiger partial charge in [-0.2, -0.15) is 0 Å². The van der Waals surface area contributed by atoms with Crippen LogP contribution in [-0.4, -0.2) is 40.4 Å². The lowest BCUT2D eigenvalue weighted by Crippen LogP contribution is -2.21. The second-order valence-corrected chi connectivity index (χ2v) is 8.47. The summed E-state index contributed by atoms with van der Waals surface area (Å²) in [5.74, 6) is -2.06. The number of alkyl halides is 3. The molecule has 0 saturated carbocycles. The van der Waals surface area contributed by atoms with Crippen LogP contribution in [0.4, 0.5) is 0 Å². The zero-order chi connectivity index (χ0) is 15.0. The van der Waals surface area contributed by atoms with E-state index in [-0.39, 0.29) is 11.3 Å². The van der Waals surface area contributed by atoms with Crippen LogP contribution >= 0.6 is 34.8 Å². The maximum absolute atomic E-state index is 11.8. The second kappa shape index (κ2) is 5.44. The van der Waals surface area contributed by atoms with Crippen molar-refractivity contribution in [3.05, 3.63) is 23.5 Å². The fourth-order valence-corrected chi connectivity index (χ4v) is 2.34. The Morgan fingerprint density at radius 2 is 1.84 bits per heavy atom. The maximum atomic E-state index is 11.8. The Labute approximate surface area is 125 Å².